The quantitative estimate of drug-likeness (QED) is 0.721. The Morgan fingerprint density at radius 2 is 2.23 bits per heavy atom. The Kier molecular flexibility index (Phi) is 2.70. The van der Waals surface area contributed by atoms with Gasteiger partial charge in [-0.3, -0.25) is 4.79 Å². The Morgan fingerprint density at radius 3 is 2.77 bits per heavy atom. The molecule has 1 rings (SSSR count). The summed E-state index contributed by atoms with van der Waals surface area (Å²) in [5.41, 5.74) is -0.0315. The van der Waals surface area contributed by atoms with Gasteiger partial charge >= 0.3 is 0 Å². The summed E-state index contributed by atoms with van der Waals surface area (Å²) in [4.78, 5) is 17.6. The monoisotopic (exact) mass is 181 g/mol. The molecule has 1 heterocycles. The third-order valence-electron chi connectivity index (χ3n) is 1.49. The first kappa shape index (κ1) is 9.77. The Bertz CT molecular complexity index is 324. The fourth-order valence-corrected chi connectivity index (χ4v) is 0.827. The normalized spacial score (nSPS) is 11.3. The molecule has 0 amide bonds. The van der Waals surface area contributed by atoms with Gasteiger partial charge in [0.2, 0.25) is 0 Å². The number of rotatable bonds is 2. The minimum atomic E-state index is -0.174. The van der Waals surface area contributed by atoms with Gasteiger partial charge in [-0.1, -0.05) is 20.8 Å². The summed E-state index contributed by atoms with van der Waals surface area (Å²) < 4.78 is 0. The maximum atomic E-state index is 11.2. The van der Waals surface area contributed by atoms with Crippen LogP contribution in [0, 0.1) is 5.41 Å². The average Bonchev–Trinajstić information content (AvgIpc) is 2.01. The predicted molar refractivity (Wildman–Crippen MR) is 52.8 cm³/mol. The summed E-state index contributed by atoms with van der Waals surface area (Å²) in [6.45, 7) is 7.01. The minimum absolute atomic E-state index is 0.143. The molecular formula is C9H15N3O. The van der Waals surface area contributed by atoms with Crippen LogP contribution in [0.1, 0.15) is 20.8 Å². The molecular weight excluding hydrogens is 166 g/mol. The highest BCUT2D eigenvalue weighted by molar-refractivity contribution is 5.30. The molecule has 0 atom stereocenters. The minimum Gasteiger partial charge on any atom is -0.365 e. The largest absolute Gasteiger partial charge is 0.365 e. The summed E-state index contributed by atoms with van der Waals surface area (Å²) in [5, 5.41) is 3.00. The molecule has 72 valence electrons. The van der Waals surface area contributed by atoms with Gasteiger partial charge in [-0.25, -0.2) is 4.98 Å². The van der Waals surface area contributed by atoms with E-state index < -0.39 is 0 Å². The fourth-order valence-electron chi connectivity index (χ4n) is 0.827. The molecule has 0 unspecified atom stereocenters. The zero-order valence-corrected chi connectivity index (χ0v) is 8.22. The summed E-state index contributed by atoms with van der Waals surface area (Å²) in [6, 6.07) is 0. The van der Waals surface area contributed by atoms with Gasteiger partial charge in [0.25, 0.3) is 5.56 Å². The highest BCUT2D eigenvalue weighted by atomic mass is 16.1. The molecule has 0 saturated carbocycles. The molecule has 0 saturated heterocycles. The van der Waals surface area contributed by atoms with E-state index in [1.165, 1.54) is 6.20 Å². The molecule has 0 bridgehead atoms. The molecule has 0 aliphatic rings. The van der Waals surface area contributed by atoms with Gasteiger partial charge in [0.05, 0.1) is 0 Å². The standard InChI is InChI=1S/C9H15N3O/c1-9(2,3)6-12-7-8(13)11-5-4-10-7/h4-5H,6H2,1-3H3,(H,10,12)(H,11,13). The van der Waals surface area contributed by atoms with Crippen molar-refractivity contribution in [2.45, 2.75) is 20.8 Å². The Labute approximate surface area is 77.4 Å². The van der Waals surface area contributed by atoms with Gasteiger partial charge in [0.15, 0.2) is 5.82 Å². The second kappa shape index (κ2) is 3.60. The summed E-state index contributed by atoms with van der Waals surface area (Å²) in [7, 11) is 0. The van der Waals surface area contributed by atoms with Crippen molar-refractivity contribution in [1.29, 1.82) is 0 Å². The lowest BCUT2D eigenvalue weighted by Gasteiger charge is -2.18. The fraction of sp³-hybridized carbons (Fsp3) is 0.556. The number of nitrogens with one attached hydrogen (secondary N) is 2. The number of anilines is 1. The van der Waals surface area contributed by atoms with E-state index in [0.717, 1.165) is 6.54 Å². The first-order valence-electron chi connectivity index (χ1n) is 4.27. The highest BCUT2D eigenvalue weighted by Gasteiger charge is 2.10. The molecule has 0 radical (unpaired) electrons. The zero-order chi connectivity index (χ0) is 9.90. The topological polar surface area (TPSA) is 57.8 Å². The Morgan fingerprint density at radius 1 is 1.54 bits per heavy atom. The van der Waals surface area contributed by atoms with Crippen LogP contribution in [0.2, 0.25) is 0 Å². The maximum Gasteiger partial charge on any atom is 0.290 e. The summed E-state index contributed by atoms with van der Waals surface area (Å²) >= 11 is 0. The summed E-state index contributed by atoms with van der Waals surface area (Å²) in [6.07, 6.45) is 3.08. The van der Waals surface area contributed by atoms with Crippen LogP contribution in [0.25, 0.3) is 0 Å². The van der Waals surface area contributed by atoms with Gasteiger partial charge in [-0.05, 0) is 5.41 Å². The first-order valence-corrected chi connectivity index (χ1v) is 4.27. The Balaban J connectivity index is 2.66. The number of aromatic nitrogens is 2. The van der Waals surface area contributed by atoms with Crippen LogP contribution < -0.4 is 10.9 Å². The van der Waals surface area contributed by atoms with Crippen molar-refractivity contribution in [2.75, 3.05) is 11.9 Å². The number of hydrogen-bond donors (Lipinski definition) is 2. The van der Waals surface area contributed by atoms with Crippen molar-refractivity contribution in [2.24, 2.45) is 5.41 Å². The SMILES string of the molecule is CC(C)(C)CNc1ncc[nH]c1=O. The lowest BCUT2D eigenvalue weighted by Crippen LogP contribution is -2.24. The second-order valence-electron chi connectivity index (χ2n) is 4.18. The van der Waals surface area contributed by atoms with Crippen LogP contribution >= 0.6 is 0 Å². The van der Waals surface area contributed by atoms with E-state index in [0.29, 0.717) is 5.82 Å². The molecule has 2 N–H and O–H groups in total. The van der Waals surface area contributed by atoms with Crippen LogP contribution in [-0.2, 0) is 0 Å². The van der Waals surface area contributed by atoms with Crippen LogP contribution in [0.3, 0.4) is 0 Å². The molecule has 4 nitrogen and oxygen atoms in total. The molecule has 4 heteroatoms. The number of aromatic amines is 1. The van der Waals surface area contributed by atoms with Gasteiger partial charge in [-0.15, -0.1) is 0 Å². The van der Waals surface area contributed by atoms with Crippen molar-refractivity contribution in [3.63, 3.8) is 0 Å². The van der Waals surface area contributed by atoms with Crippen molar-refractivity contribution in [3.8, 4) is 0 Å². The third-order valence-corrected chi connectivity index (χ3v) is 1.49. The van der Waals surface area contributed by atoms with E-state index in [9.17, 15) is 4.79 Å². The molecule has 1 aromatic heterocycles. The molecule has 1 aromatic rings. The third kappa shape index (κ3) is 3.27. The van der Waals surface area contributed by atoms with Crippen molar-refractivity contribution in [1.82, 2.24) is 9.97 Å². The van der Waals surface area contributed by atoms with Crippen LogP contribution in [0.4, 0.5) is 5.82 Å². The zero-order valence-electron chi connectivity index (χ0n) is 8.22. The van der Waals surface area contributed by atoms with E-state index >= 15 is 0 Å². The average molecular weight is 181 g/mol. The molecule has 0 spiro atoms. The smallest absolute Gasteiger partial charge is 0.290 e. The lowest BCUT2D eigenvalue weighted by molar-refractivity contribution is 0.442. The molecule has 0 aliphatic heterocycles. The van der Waals surface area contributed by atoms with Crippen molar-refractivity contribution in [3.05, 3.63) is 22.7 Å². The van der Waals surface area contributed by atoms with E-state index in [1.807, 2.05) is 0 Å². The van der Waals surface area contributed by atoms with Crippen LogP contribution in [0.5, 0.6) is 0 Å². The van der Waals surface area contributed by atoms with Gasteiger partial charge in [-0.2, -0.15) is 0 Å². The van der Waals surface area contributed by atoms with Gasteiger partial charge in [0.1, 0.15) is 0 Å². The van der Waals surface area contributed by atoms with Crippen LogP contribution in [-0.4, -0.2) is 16.5 Å². The number of H-pyrrole nitrogens is 1. The van der Waals surface area contributed by atoms with Gasteiger partial charge < -0.3 is 10.3 Å². The highest BCUT2D eigenvalue weighted by Crippen LogP contribution is 2.12. The van der Waals surface area contributed by atoms with Gasteiger partial charge in [0, 0.05) is 18.9 Å². The van der Waals surface area contributed by atoms with E-state index in [-0.39, 0.29) is 11.0 Å². The summed E-state index contributed by atoms with van der Waals surface area (Å²) in [5.74, 6) is 0.387. The lowest BCUT2D eigenvalue weighted by atomic mass is 9.97. The molecule has 13 heavy (non-hydrogen) atoms. The number of hydrogen-bond acceptors (Lipinski definition) is 3. The van der Waals surface area contributed by atoms with Crippen molar-refractivity contribution >= 4 is 5.82 Å². The second-order valence-corrected chi connectivity index (χ2v) is 4.18. The Hall–Kier alpha value is -1.32. The van der Waals surface area contributed by atoms with Crippen molar-refractivity contribution < 1.29 is 0 Å². The van der Waals surface area contributed by atoms with Crippen LogP contribution in [0.15, 0.2) is 17.2 Å². The molecule has 0 aromatic carbocycles. The molecule has 0 fully saturated rings. The van der Waals surface area contributed by atoms with E-state index in [2.05, 4.69) is 36.1 Å². The maximum absolute atomic E-state index is 11.2. The van der Waals surface area contributed by atoms with E-state index in [4.69, 9.17) is 0 Å². The molecule has 0 aliphatic carbocycles. The predicted octanol–water partition coefficient (Wildman–Crippen LogP) is 1.23. The first-order chi connectivity index (χ1) is 5.99. The van der Waals surface area contributed by atoms with E-state index in [1.54, 1.807) is 6.20 Å². The number of nitrogens with zero attached hydrogens (tertiary/aromatic N) is 1.